The molecule has 0 spiro atoms. The molecule has 2 aliphatic rings. The molecule has 1 saturated heterocycles. The standard InChI is InChI=1S/C18H31N7O2/c1-2-19-17(26)16-9-15(11-20-16)25-12-14(23-24-25)10-21-18(27)22-13-7-5-3-4-6-8-13/h12-13,15-16,20H,2-11H2,1H3,(H,19,26)(H2,21,22,27)/t15-,16+/m1/s1. The second-order valence-electron chi connectivity index (χ2n) is 7.45. The molecule has 3 amide bonds. The van der Waals surface area contributed by atoms with Gasteiger partial charge in [0.15, 0.2) is 0 Å². The fraction of sp³-hybridized carbons (Fsp3) is 0.778. The van der Waals surface area contributed by atoms with Gasteiger partial charge in [-0.1, -0.05) is 30.9 Å². The lowest BCUT2D eigenvalue weighted by Crippen LogP contribution is -2.41. The maximum Gasteiger partial charge on any atom is 0.315 e. The highest BCUT2D eigenvalue weighted by molar-refractivity contribution is 5.82. The van der Waals surface area contributed by atoms with E-state index in [-0.39, 0.29) is 30.1 Å². The van der Waals surface area contributed by atoms with Gasteiger partial charge in [-0.2, -0.15) is 0 Å². The number of carbonyl (C=O) groups excluding carboxylic acids is 2. The number of rotatable bonds is 6. The summed E-state index contributed by atoms with van der Waals surface area (Å²) in [5.74, 6) is 0.0252. The van der Waals surface area contributed by atoms with Crippen LogP contribution in [0, 0.1) is 0 Å². The molecule has 1 aliphatic heterocycles. The average molecular weight is 377 g/mol. The summed E-state index contributed by atoms with van der Waals surface area (Å²) in [6.45, 7) is 3.56. The van der Waals surface area contributed by atoms with Gasteiger partial charge in [-0.05, 0) is 26.2 Å². The summed E-state index contributed by atoms with van der Waals surface area (Å²) in [6, 6.07) is 0.0407. The van der Waals surface area contributed by atoms with Gasteiger partial charge < -0.3 is 21.3 Å². The van der Waals surface area contributed by atoms with Crippen LogP contribution in [0.25, 0.3) is 0 Å². The molecule has 3 rings (SSSR count). The third-order valence-electron chi connectivity index (χ3n) is 5.33. The number of nitrogens with one attached hydrogen (secondary N) is 4. The molecule has 0 unspecified atom stereocenters. The number of amides is 3. The highest BCUT2D eigenvalue weighted by Gasteiger charge is 2.30. The van der Waals surface area contributed by atoms with Gasteiger partial charge in [-0.25, -0.2) is 9.48 Å². The molecule has 2 fully saturated rings. The molecule has 150 valence electrons. The first kappa shape index (κ1) is 19.6. The summed E-state index contributed by atoms with van der Waals surface area (Å²) >= 11 is 0. The molecular weight excluding hydrogens is 346 g/mol. The number of aromatic nitrogens is 3. The van der Waals surface area contributed by atoms with Crippen molar-refractivity contribution in [3.63, 3.8) is 0 Å². The number of hydrogen-bond donors (Lipinski definition) is 4. The molecule has 27 heavy (non-hydrogen) atoms. The van der Waals surface area contributed by atoms with Gasteiger partial charge >= 0.3 is 6.03 Å². The van der Waals surface area contributed by atoms with Crippen LogP contribution in [0.2, 0.25) is 0 Å². The molecule has 1 aliphatic carbocycles. The largest absolute Gasteiger partial charge is 0.355 e. The Morgan fingerprint density at radius 1 is 1.22 bits per heavy atom. The third kappa shape index (κ3) is 5.66. The zero-order valence-corrected chi connectivity index (χ0v) is 16.0. The first-order valence-electron chi connectivity index (χ1n) is 10.1. The maximum atomic E-state index is 12.1. The van der Waals surface area contributed by atoms with Crippen molar-refractivity contribution in [1.29, 1.82) is 0 Å². The van der Waals surface area contributed by atoms with E-state index in [0.29, 0.717) is 31.7 Å². The molecule has 1 saturated carbocycles. The van der Waals surface area contributed by atoms with Crippen LogP contribution in [0.5, 0.6) is 0 Å². The van der Waals surface area contributed by atoms with Crippen molar-refractivity contribution in [3.8, 4) is 0 Å². The second-order valence-corrected chi connectivity index (χ2v) is 7.45. The molecule has 0 bridgehead atoms. The molecule has 4 N–H and O–H groups in total. The quantitative estimate of drug-likeness (QED) is 0.549. The lowest BCUT2D eigenvalue weighted by molar-refractivity contribution is -0.122. The van der Waals surface area contributed by atoms with Gasteiger partial charge in [-0.3, -0.25) is 4.79 Å². The van der Waals surface area contributed by atoms with E-state index in [0.717, 1.165) is 12.8 Å². The van der Waals surface area contributed by atoms with Crippen molar-refractivity contribution in [3.05, 3.63) is 11.9 Å². The molecule has 9 heteroatoms. The molecule has 2 atom stereocenters. The second kappa shape index (κ2) is 9.68. The predicted octanol–water partition coefficient (Wildman–Crippen LogP) is 0.839. The molecule has 0 aromatic carbocycles. The van der Waals surface area contributed by atoms with E-state index in [1.54, 1.807) is 4.68 Å². The zero-order valence-electron chi connectivity index (χ0n) is 16.0. The summed E-state index contributed by atoms with van der Waals surface area (Å²) in [6.07, 6.45) is 9.55. The Labute approximate surface area is 160 Å². The molecule has 1 aromatic heterocycles. The van der Waals surface area contributed by atoms with Crippen LogP contribution in [0.1, 0.15) is 63.6 Å². The minimum atomic E-state index is -0.189. The highest BCUT2D eigenvalue weighted by Crippen LogP contribution is 2.19. The maximum absolute atomic E-state index is 12.1. The third-order valence-corrected chi connectivity index (χ3v) is 5.33. The predicted molar refractivity (Wildman–Crippen MR) is 101 cm³/mol. The smallest absolute Gasteiger partial charge is 0.315 e. The van der Waals surface area contributed by atoms with Gasteiger partial charge in [0, 0.05) is 19.1 Å². The summed E-state index contributed by atoms with van der Waals surface area (Å²) in [5.41, 5.74) is 0.715. The Kier molecular flexibility index (Phi) is 7.03. The van der Waals surface area contributed by atoms with Crippen molar-refractivity contribution in [2.75, 3.05) is 13.1 Å². The lowest BCUT2D eigenvalue weighted by atomic mass is 10.1. The van der Waals surface area contributed by atoms with Crippen LogP contribution in [0.4, 0.5) is 4.79 Å². The van der Waals surface area contributed by atoms with Crippen molar-refractivity contribution in [2.45, 2.75) is 76.5 Å². The van der Waals surface area contributed by atoms with Gasteiger partial charge in [0.25, 0.3) is 0 Å². The molecule has 1 aromatic rings. The fourth-order valence-electron chi connectivity index (χ4n) is 3.82. The fourth-order valence-corrected chi connectivity index (χ4v) is 3.82. The van der Waals surface area contributed by atoms with Crippen molar-refractivity contribution in [2.24, 2.45) is 0 Å². The SMILES string of the molecule is CCNC(=O)[C@@H]1C[C@@H](n2cc(CNC(=O)NC3CCCCCC3)nn2)CN1. The van der Waals surface area contributed by atoms with E-state index in [9.17, 15) is 9.59 Å². The molecule has 9 nitrogen and oxygen atoms in total. The Bertz CT molecular complexity index is 625. The van der Waals surface area contributed by atoms with E-state index < -0.39 is 0 Å². The summed E-state index contributed by atoms with van der Waals surface area (Å²) < 4.78 is 1.78. The van der Waals surface area contributed by atoms with E-state index in [2.05, 4.69) is 31.6 Å². The first-order chi connectivity index (χ1) is 13.2. The molecule has 2 heterocycles. The number of carbonyl (C=O) groups is 2. The van der Waals surface area contributed by atoms with Crippen LogP contribution in [0.3, 0.4) is 0 Å². The molecule has 0 radical (unpaired) electrons. The van der Waals surface area contributed by atoms with Crippen LogP contribution in [0.15, 0.2) is 6.20 Å². The van der Waals surface area contributed by atoms with Crippen LogP contribution in [-0.2, 0) is 11.3 Å². The monoisotopic (exact) mass is 377 g/mol. The van der Waals surface area contributed by atoms with E-state index in [1.807, 2.05) is 13.1 Å². The normalized spacial score (nSPS) is 23.6. The van der Waals surface area contributed by atoms with Crippen LogP contribution >= 0.6 is 0 Å². The van der Waals surface area contributed by atoms with E-state index in [4.69, 9.17) is 0 Å². The van der Waals surface area contributed by atoms with Gasteiger partial charge in [-0.15, -0.1) is 5.10 Å². The summed E-state index contributed by atoms with van der Waals surface area (Å²) in [5, 5.41) is 20.3. The highest BCUT2D eigenvalue weighted by atomic mass is 16.2. The first-order valence-corrected chi connectivity index (χ1v) is 10.1. The Hall–Kier alpha value is -2.16. The topological polar surface area (TPSA) is 113 Å². The van der Waals surface area contributed by atoms with Gasteiger partial charge in [0.05, 0.1) is 24.8 Å². The number of likely N-dealkylation sites (N-methyl/N-ethyl adjacent to an activating group) is 1. The summed E-state index contributed by atoms with van der Waals surface area (Å²) in [7, 11) is 0. The minimum Gasteiger partial charge on any atom is -0.355 e. The van der Waals surface area contributed by atoms with Gasteiger partial charge in [0.1, 0.15) is 5.69 Å². The van der Waals surface area contributed by atoms with Crippen molar-refractivity contribution < 1.29 is 9.59 Å². The van der Waals surface area contributed by atoms with Crippen molar-refractivity contribution >= 4 is 11.9 Å². The lowest BCUT2D eigenvalue weighted by Gasteiger charge is -2.16. The Morgan fingerprint density at radius 3 is 2.74 bits per heavy atom. The van der Waals surface area contributed by atoms with Crippen molar-refractivity contribution in [1.82, 2.24) is 36.3 Å². The van der Waals surface area contributed by atoms with E-state index in [1.165, 1.54) is 25.7 Å². The summed E-state index contributed by atoms with van der Waals surface area (Å²) in [4.78, 5) is 24.0. The van der Waals surface area contributed by atoms with Gasteiger partial charge in [0.2, 0.25) is 5.91 Å². The number of urea groups is 1. The Morgan fingerprint density at radius 2 is 2.00 bits per heavy atom. The number of hydrogen-bond acceptors (Lipinski definition) is 5. The van der Waals surface area contributed by atoms with Crippen LogP contribution in [-0.4, -0.2) is 52.1 Å². The van der Waals surface area contributed by atoms with E-state index >= 15 is 0 Å². The Balaban J connectivity index is 1.43. The van der Waals surface area contributed by atoms with Crippen LogP contribution < -0.4 is 21.3 Å². The average Bonchev–Trinajstić information content (AvgIpc) is 3.26. The number of nitrogens with zero attached hydrogens (tertiary/aromatic N) is 3. The molecular formula is C18H31N7O2. The minimum absolute atomic E-state index is 0.0252. The zero-order chi connectivity index (χ0) is 19.1.